The SMILES string of the molecule is CCCCCCN1c2ccc(/C=c3/s/c(=C4/SC(=S)N(CC)C4=O)n(COC=O)c3=O)cc2CCc2cc(/C=c3/s/c(=C4/SC(=S)N(CC)C4=O)n(CC(=O)O)c3=O)ccc21. The summed E-state index contributed by atoms with van der Waals surface area (Å²) in [6.45, 7) is 6.66. The summed E-state index contributed by atoms with van der Waals surface area (Å²) in [5, 5.41) is 9.68. The summed E-state index contributed by atoms with van der Waals surface area (Å²) < 4.78 is 9.51. The van der Waals surface area contributed by atoms with E-state index in [1.54, 1.807) is 19.1 Å². The van der Waals surface area contributed by atoms with E-state index in [-0.39, 0.29) is 34.6 Å². The number of carboxylic acids is 1. The van der Waals surface area contributed by atoms with E-state index >= 15 is 0 Å². The number of anilines is 2. The predicted octanol–water partition coefficient (Wildman–Crippen LogP) is 3.80. The van der Waals surface area contributed by atoms with E-state index in [9.17, 15) is 33.9 Å². The van der Waals surface area contributed by atoms with Gasteiger partial charge in [-0.2, -0.15) is 0 Å². The number of amides is 2. The maximum Gasteiger partial charge on any atom is 0.323 e. The summed E-state index contributed by atoms with van der Waals surface area (Å²) in [5.74, 6) is -1.84. The number of nitrogens with zero attached hydrogens (tertiary/aromatic N) is 5. The molecule has 0 saturated carbocycles. The van der Waals surface area contributed by atoms with Crippen LogP contribution in [0.4, 0.5) is 11.4 Å². The number of aliphatic carboxylic acids is 1. The molecule has 19 heteroatoms. The van der Waals surface area contributed by atoms with Crippen molar-refractivity contribution in [2.45, 2.75) is 72.6 Å². The van der Waals surface area contributed by atoms with Crippen LogP contribution in [0.3, 0.4) is 0 Å². The highest BCUT2D eigenvalue weighted by atomic mass is 32.2. The minimum Gasteiger partial charge on any atom is -0.480 e. The van der Waals surface area contributed by atoms with Crippen LogP contribution in [0.15, 0.2) is 46.0 Å². The van der Waals surface area contributed by atoms with Crippen molar-refractivity contribution in [3.63, 3.8) is 0 Å². The molecule has 3 aliphatic heterocycles. The molecular weight excluding hydrogens is 895 g/mol. The van der Waals surface area contributed by atoms with Crippen molar-refractivity contribution in [3.05, 3.63) is 97.7 Å². The monoisotopic (exact) mass is 935 g/mol. The fraction of sp³-hybridized carbons (Fsp3) is 0.333. The predicted molar refractivity (Wildman–Crippen MR) is 251 cm³/mol. The van der Waals surface area contributed by atoms with Crippen LogP contribution in [-0.2, 0) is 50.0 Å². The Kier molecular flexibility index (Phi) is 13.9. The largest absolute Gasteiger partial charge is 0.480 e. The third kappa shape index (κ3) is 8.99. The smallest absolute Gasteiger partial charge is 0.323 e. The zero-order valence-corrected chi connectivity index (χ0v) is 38.4. The summed E-state index contributed by atoms with van der Waals surface area (Å²) >= 11 is 15.2. The molecule has 0 atom stereocenters. The highest BCUT2D eigenvalue weighted by Gasteiger charge is 2.34. The Morgan fingerprint density at radius 3 is 1.70 bits per heavy atom. The zero-order chi connectivity index (χ0) is 43.5. The molecule has 5 heterocycles. The Labute approximate surface area is 377 Å². The van der Waals surface area contributed by atoms with Gasteiger partial charge in [-0.3, -0.25) is 47.7 Å². The highest BCUT2D eigenvalue weighted by Crippen LogP contribution is 2.38. The molecule has 4 aromatic rings. The molecule has 0 bridgehead atoms. The molecule has 2 aromatic heterocycles. The maximum atomic E-state index is 13.8. The summed E-state index contributed by atoms with van der Waals surface area (Å²) in [6, 6.07) is 12.2. The Hall–Kier alpha value is -4.66. The van der Waals surface area contributed by atoms with Crippen molar-refractivity contribution >= 4 is 137 Å². The molecule has 0 spiro atoms. The fourth-order valence-electron chi connectivity index (χ4n) is 7.43. The Balaban J connectivity index is 1.28. The van der Waals surface area contributed by atoms with Gasteiger partial charge in [-0.1, -0.05) is 86.3 Å². The van der Waals surface area contributed by atoms with E-state index in [4.69, 9.17) is 29.2 Å². The number of benzene rings is 2. The third-order valence-corrected chi connectivity index (χ3v) is 15.8. The van der Waals surface area contributed by atoms with Crippen molar-refractivity contribution in [2.24, 2.45) is 0 Å². The number of aryl methyl sites for hydroxylation is 2. The minimum absolute atomic E-state index is 0.247. The number of hydrogen-bond acceptors (Lipinski definition) is 14. The molecule has 61 heavy (non-hydrogen) atoms. The molecule has 2 fully saturated rings. The number of ether oxygens (including phenoxy) is 1. The number of unbranched alkanes of at least 4 members (excludes halogenated alkanes) is 3. The van der Waals surface area contributed by atoms with Gasteiger partial charge in [-0.25, -0.2) is 0 Å². The molecule has 3 aliphatic rings. The van der Waals surface area contributed by atoms with Crippen molar-refractivity contribution in [1.82, 2.24) is 18.9 Å². The molecule has 7 rings (SSSR count). The highest BCUT2D eigenvalue weighted by molar-refractivity contribution is 8.30. The summed E-state index contributed by atoms with van der Waals surface area (Å²) in [5.41, 5.74) is 4.94. The lowest BCUT2D eigenvalue weighted by molar-refractivity contribution is -0.138. The van der Waals surface area contributed by atoms with Crippen LogP contribution < -0.4 is 34.4 Å². The van der Waals surface area contributed by atoms with Crippen LogP contribution in [0, 0.1) is 0 Å². The van der Waals surface area contributed by atoms with Crippen LogP contribution in [0.25, 0.3) is 22.0 Å². The van der Waals surface area contributed by atoms with Gasteiger partial charge in [0.15, 0.2) is 6.73 Å². The second-order valence-corrected chi connectivity index (χ2v) is 19.6. The molecule has 2 saturated heterocycles. The van der Waals surface area contributed by atoms with Crippen molar-refractivity contribution in [1.29, 1.82) is 0 Å². The normalized spacial score (nSPS) is 17.7. The molecule has 13 nitrogen and oxygen atoms in total. The first-order valence-electron chi connectivity index (χ1n) is 19.7. The first-order chi connectivity index (χ1) is 29.4. The van der Waals surface area contributed by atoms with Gasteiger partial charge in [0, 0.05) is 31.0 Å². The molecule has 1 N–H and O–H groups in total. The van der Waals surface area contributed by atoms with E-state index < -0.39 is 23.6 Å². The van der Waals surface area contributed by atoms with Crippen molar-refractivity contribution in [2.75, 3.05) is 24.5 Å². The van der Waals surface area contributed by atoms with E-state index in [0.717, 1.165) is 117 Å². The number of carboxylic acid groups (broad SMARTS) is 1. The van der Waals surface area contributed by atoms with Gasteiger partial charge in [-0.15, -0.1) is 22.7 Å². The number of rotatable bonds is 14. The first kappa shape index (κ1) is 44.4. The van der Waals surface area contributed by atoms with Gasteiger partial charge >= 0.3 is 5.97 Å². The number of fused-ring (bicyclic) bond motifs is 2. The third-order valence-electron chi connectivity index (χ3n) is 10.4. The molecular formula is C42H41N5O8S6. The number of aromatic nitrogens is 2. The topological polar surface area (TPSA) is 151 Å². The summed E-state index contributed by atoms with van der Waals surface area (Å²) in [7, 11) is 0. The van der Waals surface area contributed by atoms with Crippen molar-refractivity contribution in [3.8, 4) is 0 Å². The number of hydrogen-bond donors (Lipinski definition) is 1. The molecule has 2 amide bonds. The van der Waals surface area contributed by atoms with Crippen molar-refractivity contribution < 1.29 is 29.0 Å². The van der Waals surface area contributed by atoms with Crippen LogP contribution in [-0.4, -0.2) is 76.6 Å². The summed E-state index contributed by atoms with van der Waals surface area (Å²) in [6.07, 6.45) is 9.16. The van der Waals surface area contributed by atoms with Gasteiger partial charge in [0.2, 0.25) is 0 Å². The molecule has 0 radical (unpaired) electrons. The minimum atomic E-state index is -1.20. The maximum absolute atomic E-state index is 13.8. The zero-order valence-electron chi connectivity index (χ0n) is 33.5. The molecule has 318 valence electrons. The van der Waals surface area contributed by atoms with Gasteiger partial charge in [-0.05, 0) is 91.8 Å². The lowest BCUT2D eigenvalue weighted by Gasteiger charge is -2.27. The van der Waals surface area contributed by atoms with E-state index in [1.807, 2.05) is 19.1 Å². The number of carbonyl (C=O) groups excluding carboxylic acids is 3. The Morgan fingerprint density at radius 1 is 0.738 bits per heavy atom. The number of thiocarbonyl (C=S) groups is 2. The fourth-order valence-corrected chi connectivity index (χ4v) is 12.7. The average Bonchev–Trinajstić information content (AvgIpc) is 3.87. The van der Waals surface area contributed by atoms with Crippen LogP contribution >= 0.6 is 70.6 Å². The molecule has 0 aliphatic carbocycles. The molecule has 2 aromatic carbocycles. The second-order valence-electron chi connectivity index (χ2n) is 14.2. The molecule has 0 unspecified atom stereocenters. The van der Waals surface area contributed by atoms with Crippen LogP contribution in [0.1, 0.15) is 68.7 Å². The van der Waals surface area contributed by atoms with Gasteiger partial charge in [0.1, 0.15) is 34.3 Å². The van der Waals surface area contributed by atoms with E-state index in [2.05, 4.69) is 36.1 Å². The van der Waals surface area contributed by atoms with Gasteiger partial charge < -0.3 is 14.7 Å². The summed E-state index contributed by atoms with van der Waals surface area (Å²) in [4.78, 5) is 82.8. The number of thiazole rings is 2. The Bertz CT molecular complexity index is 2880. The van der Waals surface area contributed by atoms with E-state index in [0.29, 0.717) is 53.2 Å². The Morgan fingerprint density at radius 2 is 1.25 bits per heavy atom. The lowest BCUT2D eigenvalue weighted by Crippen LogP contribution is -2.35. The van der Waals surface area contributed by atoms with E-state index in [1.165, 1.54) is 14.4 Å². The average molecular weight is 936 g/mol. The number of carbonyl (C=O) groups is 4. The number of thioether (sulfide) groups is 2. The second kappa shape index (κ2) is 19.2. The quantitative estimate of drug-likeness (QED) is 0.111. The van der Waals surface area contributed by atoms with Crippen LogP contribution in [0.5, 0.6) is 0 Å². The first-order valence-corrected chi connectivity index (χ1v) is 23.8. The lowest BCUT2D eigenvalue weighted by atomic mass is 10.0. The van der Waals surface area contributed by atoms with Crippen LogP contribution in [0.2, 0.25) is 0 Å². The standard InChI is InChI=1S/C42H41N5O8S6/c1-4-7-8-9-16-45-28-14-10-24(19-30-35(51)46(21-32(49)50)39(58-30)33-37(53)43(5-2)41(56)60-33)17-26(28)12-13-27-18-25(11-15-29(27)45)20-31-36(52)47(22-55-23-48)40(59-31)34-38(54)44(6-3)42(57)61-34/h10-11,14-15,17-20,23H,4-9,12-13,16,21-22H2,1-3H3,(H,49,50)/b30-19+,31-20+,39-33+,40-34+. The van der Waals surface area contributed by atoms with Gasteiger partial charge in [0.05, 0.1) is 9.06 Å². The van der Waals surface area contributed by atoms with Gasteiger partial charge in [0.25, 0.3) is 29.4 Å².